The number of carbonyl (C=O) groups excluding carboxylic acids is 1. The lowest BCUT2D eigenvalue weighted by atomic mass is 10.0. The summed E-state index contributed by atoms with van der Waals surface area (Å²) in [4.78, 5) is 11.2. The Bertz CT molecular complexity index is 742. The van der Waals surface area contributed by atoms with Crippen molar-refractivity contribution in [3.8, 4) is 11.5 Å². The molecule has 0 spiro atoms. The molecule has 31 heavy (non-hydrogen) atoms. The Labute approximate surface area is 186 Å². The summed E-state index contributed by atoms with van der Waals surface area (Å²) in [5.74, 6) is 1.65. The first-order chi connectivity index (χ1) is 15.3. The van der Waals surface area contributed by atoms with E-state index < -0.39 is 0 Å². The van der Waals surface area contributed by atoms with E-state index >= 15 is 0 Å². The van der Waals surface area contributed by atoms with E-state index in [1.54, 1.807) is 13.2 Å². The van der Waals surface area contributed by atoms with E-state index in [9.17, 15) is 4.79 Å². The summed E-state index contributed by atoms with van der Waals surface area (Å²) in [6.07, 6.45) is 9.07. The maximum absolute atomic E-state index is 11.2. The molecule has 0 aliphatic carbocycles. The molecule has 5 nitrogen and oxygen atoms in total. The van der Waals surface area contributed by atoms with Crippen LogP contribution in [0, 0.1) is 0 Å². The number of methoxy groups -OCH3 is 1. The minimum Gasteiger partial charge on any atom is -0.494 e. The zero-order valence-electron chi connectivity index (χ0n) is 18.9. The van der Waals surface area contributed by atoms with Crippen molar-refractivity contribution >= 4 is 6.29 Å². The molecule has 0 aromatic heterocycles. The van der Waals surface area contributed by atoms with Gasteiger partial charge in [-0.25, -0.2) is 0 Å². The molecule has 2 rings (SSSR count). The molecule has 0 saturated carbocycles. The first kappa shape index (κ1) is 24.9. The van der Waals surface area contributed by atoms with Crippen molar-refractivity contribution in [2.75, 3.05) is 33.7 Å². The quantitative estimate of drug-likeness (QED) is 0.180. The zero-order valence-corrected chi connectivity index (χ0v) is 18.9. The predicted octanol–water partition coefficient (Wildman–Crippen LogP) is 5.83. The number of unbranched alkanes of at least 4 members (excludes halogenated alkanes) is 5. The van der Waals surface area contributed by atoms with Crippen LogP contribution >= 0.6 is 0 Å². The van der Waals surface area contributed by atoms with Gasteiger partial charge in [0, 0.05) is 19.1 Å². The summed E-state index contributed by atoms with van der Waals surface area (Å²) in [5, 5.41) is 0. The fourth-order valence-electron chi connectivity index (χ4n) is 3.30. The molecule has 2 aromatic rings. The third-order valence-electron chi connectivity index (χ3n) is 4.99. The summed E-state index contributed by atoms with van der Waals surface area (Å²) in [7, 11) is 1.59. The number of hydrogen-bond acceptors (Lipinski definition) is 5. The van der Waals surface area contributed by atoms with Gasteiger partial charge < -0.3 is 18.9 Å². The van der Waals surface area contributed by atoms with Gasteiger partial charge in [0.2, 0.25) is 0 Å². The Kier molecular flexibility index (Phi) is 12.4. The Morgan fingerprint density at radius 2 is 1.61 bits per heavy atom. The Balaban J connectivity index is 1.85. The van der Waals surface area contributed by atoms with Gasteiger partial charge in [-0.3, -0.25) is 4.79 Å². The average Bonchev–Trinajstić information content (AvgIpc) is 2.80. The summed E-state index contributed by atoms with van der Waals surface area (Å²) in [6, 6.07) is 13.6. The smallest absolute Gasteiger partial charge is 0.150 e. The molecule has 0 atom stereocenters. The number of ether oxygens (including phenoxy) is 4. The lowest BCUT2D eigenvalue weighted by Crippen LogP contribution is -2.09. The van der Waals surface area contributed by atoms with Gasteiger partial charge in [-0.1, -0.05) is 51.2 Å². The van der Waals surface area contributed by atoms with Crippen molar-refractivity contribution in [3.63, 3.8) is 0 Å². The van der Waals surface area contributed by atoms with Gasteiger partial charge in [-0.2, -0.15) is 0 Å². The fourth-order valence-corrected chi connectivity index (χ4v) is 3.30. The van der Waals surface area contributed by atoms with Crippen LogP contribution in [0.5, 0.6) is 11.5 Å². The molecule has 2 aromatic carbocycles. The third-order valence-corrected chi connectivity index (χ3v) is 4.99. The maximum Gasteiger partial charge on any atom is 0.150 e. The van der Waals surface area contributed by atoms with E-state index in [0.717, 1.165) is 41.9 Å². The molecule has 0 bridgehead atoms. The predicted molar refractivity (Wildman–Crippen MR) is 123 cm³/mol. The van der Waals surface area contributed by atoms with Crippen LogP contribution in [0.3, 0.4) is 0 Å². The van der Waals surface area contributed by atoms with Crippen molar-refractivity contribution in [2.45, 2.75) is 51.9 Å². The van der Waals surface area contributed by atoms with Crippen LogP contribution < -0.4 is 9.47 Å². The maximum atomic E-state index is 11.2. The number of rotatable bonds is 17. The molecule has 0 aliphatic rings. The Hall–Kier alpha value is -2.37. The standard InChI is InChI=1S/C26H36O5/c1-3-4-5-6-7-8-15-30-25-12-9-22(10-13-25)18-24-19-23(20-27)11-14-26(24)31-17-16-29-21-28-2/h9-14,19-20H,3-8,15-18,21H2,1-2H3. The minimum absolute atomic E-state index is 0.244. The van der Waals surface area contributed by atoms with Gasteiger partial charge in [0.1, 0.15) is 31.2 Å². The van der Waals surface area contributed by atoms with Crippen molar-refractivity contribution in [1.82, 2.24) is 0 Å². The number of carbonyl (C=O) groups is 1. The molecule has 170 valence electrons. The van der Waals surface area contributed by atoms with Crippen LogP contribution in [0.25, 0.3) is 0 Å². The van der Waals surface area contributed by atoms with E-state index in [1.807, 2.05) is 24.3 Å². The number of hydrogen-bond donors (Lipinski definition) is 0. The van der Waals surface area contributed by atoms with Crippen LogP contribution in [0.4, 0.5) is 0 Å². The molecule has 0 radical (unpaired) electrons. The van der Waals surface area contributed by atoms with E-state index in [4.69, 9.17) is 18.9 Å². The topological polar surface area (TPSA) is 54.0 Å². The van der Waals surface area contributed by atoms with E-state index in [-0.39, 0.29) is 6.79 Å². The number of aldehydes is 1. The molecular formula is C26H36O5. The summed E-state index contributed by atoms with van der Waals surface area (Å²) < 4.78 is 21.9. The largest absolute Gasteiger partial charge is 0.494 e. The highest BCUT2D eigenvalue weighted by atomic mass is 16.7. The first-order valence-electron chi connectivity index (χ1n) is 11.3. The van der Waals surface area contributed by atoms with Crippen LogP contribution in [-0.4, -0.2) is 40.0 Å². The van der Waals surface area contributed by atoms with Gasteiger partial charge in [0.05, 0.1) is 13.2 Å². The van der Waals surface area contributed by atoms with Gasteiger partial charge in [0.15, 0.2) is 0 Å². The second-order valence-electron chi connectivity index (χ2n) is 7.59. The third kappa shape index (κ3) is 9.99. The fraction of sp³-hybridized carbons (Fsp3) is 0.500. The highest BCUT2D eigenvalue weighted by Crippen LogP contribution is 2.24. The summed E-state index contributed by atoms with van der Waals surface area (Å²) in [6.45, 7) is 4.10. The highest BCUT2D eigenvalue weighted by molar-refractivity contribution is 5.75. The van der Waals surface area contributed by atoms with Crippen LogP contribution in [0.1, 0.15) is 66.9 Å². The SMILES string of the molecule is CCCCCCCCOc1ccc(Cc2cc(C=O)ccc2OCCOCOC)cc1. The van der Waals surface area contributed by atoms with Crippen molar-refractivity contribution in [2.24, 2.45) is 0 Å². The van der Waals surface area contributed by atoms with E-state index in [2.05, 4.69) is 19.1 Å². The van der Waals surface area contributed by atoms with Gasteiger partial charge >= 0.3 is 0 Å². The zero-order chi connectivity index (χ0) is 22.2. The van der Waals surface area contributed by atoms with E-state index in [0.29, 0.717) is 25.2 Å². The summed E-state index contributed by atoms with van der Waals surface area (Å²) in [5.41, 5.74) is 2.74. The lowest BCUT2D eigenvalue weighted by molar-refractivity contribution is -0.0388. The van der Waals surface area contributed by atoms with Crippen molar-refractivity contribution in [3.05, 3.63) is 59.2 Å². The number of benzene rings is 2. The van der Waals surface area contributed by atoms with Gasteiger partial charge in [0.25, 0.3) is 0 Å². The van der Waals surface area contributed by atoms with Crippen LogP contribution in [0.15, 0.2) is 42.5 Å². The normalized spacial score (nSPS) is 10.8. The molecule has 0 fully saturated rings. The van der Waals surface area contributed by atoms with Crippen molar-refractivity contribution < 1.29 is 23.7 Å². The molecule has 0 unspecified atom stereocenters. The van der Waals surface area contributed by atoms with E-state index in [1.165, 1.54) is 32.1 Å². The van der Waals surface area contributed by atoms with Gasteiger partial charge in [-0.15, -0.1) is 0 Å². The van der Waals surface area contributed by atoms with Gasteiger partial charge in [-0.05, 0) is 47.9 Å². The molecule has 0 saturated heterocycles. The van der Waals surface area contributed by atoms with Crippen molar-refractivity contribution in [1.29, 1.82) is 0 Å². The average molecular weight is 429 g/mol. The molecular weight excluding hydrogens is 392 g/mol. The molecule has 0 amide bonds. The van der Waals surface area contributed by atoms with Crippen LogP contribution in [0.2, 0.25) is 0 Å². The molecule has 5 heteroatoms. The monoisotopic (exact) mass is 428 g/mol. The highest BCUT2D eigenvalue weighted by Gasteiger charge is 2.08. The lowest BCUT2D eigenvalue weighted by Gasteiger charge is -2.13. The summed E-state index contributed by atoms with van der Waals surface area (Å²) >= 11 is 0. The molecule has 0 heterocycles. The first-order valence-corrected chi connectivity index (χ1v) is 11.3. The second-order valence-corrected chi connectivity index (χ2v) is 7.59. The minimum atomic E-state index is 0.244. The molecule has 0 N–H and O–H groups in total. The Morgan fingerprint density at radius 3 is 2.35 bits per heavy atom. The van der Waals surface area contributed by atoms with Crippen LogP contribution in [-0.2, 0) is 15.9 Å². The Morgan fingerprint density at radius 1 is 0.839 bits per heavy atom. The molecule has 0 aliphatic heterocycles. The second kappa shape index (κ2) is 15.4.